The van der Waals surface area contributed by atoms with Crippen molar-refractivity contribution in [2.45, 2.75) is 19.5 Å². The molecule has 2 aromatic carbocycles. The molecule has 4 rings (SSSR count). The van der Waals surface area contributed by atoms with Crippen LogP contribution in [-0.4, -0.2) is 23.1 Å². The Hall–Kier alpha value is -2.80. The van der Waals surface area contributed by atoms with Crippen molar-refractivity contribution in [1.29, 1.82) is 0 Å². The number of carbonyl (C=O) groups excluding carboxylic acids is 1. The molecule has 0 fully saturated rings. The van der Waals surface area contributed by atoms with E-state index in [1.807, 2.05) is 43.3 Å². The minimum absolute atomic E-state index is 0.00702. The molecule has 0 bridgehead atoms. The van der Waals surface area contributed by atoms with Gasteiger partial charge in [-0.3, -0.25) is 13.5 Å². The lowest BCUT2D eigenvalue weighted by Crippen LogP contribution is -2.32. The number of nitrogens with one attached hydrogen (secondary N) is 1. The predicted octanol–water partition coefficient (Wildman–Crippen LogP) is 2.71. The van der Waals surface area contributed by atoms with Gasteiger partial charge in [-0.25, -0.2) is 0 Å². The molecule has 0 saturated carbocycles. The number of carbonyl (C=O) groups is 1. The zero-order valence-electron chi connectivity index (χ0n) is 14.2. The molecule has 2 heterocycles. The normalized spacial score (nSPS) is 14.2. The Labute approximate surface area is 154 Å². The summed E-state index contributed by atoms with van der Waals surface area (Å²) in [6, 6.07) is 12.8. The number of hydrogen-bond donors (Lipinski definition) is 1. The largest absolute Gasteiger partial charge is 0.486 e. The molecule has 1 amide bonds. The molecule has 0 radical (unpaired) electrons. The summed E-state index contributed by atoms with van der Waals surface area (Å²) < 4.78 is 13.5. The van der Waals surface area contributed by atoms with Gasteiger partial charge in [-0.05, 0) is 36.8 Å². The second-order valence-electron chi connectivity index (χ2n) is 6.12. The van der Waals surface area contributed by atoms with Crippen LogP contribution in [0.5, 0.6) is 11.5 Å². The number of rotatable bonds is 4. The quantitative estimate of drug-likeness (QED) is 0.767. The number of ether oxygens (including phenoxy) is 2. The highest BCUT2D eigenvalue weighted by Gasteiger charge is 2.17. The second kappa shape index (κ2) is 6.84. The van der Waals surface area contributed by atoms with Gasteiger partial charge in [0.15, 0.2) is 11.5 Å². The standard InChI is InChI=1S/C19H18N2O4S/c1-12(13-6-7-15-16(10-13)25-9-8-24-15)20-18(22)11-21-19(23)14-4-2-3-5-17(14)26-21/h2-7,10,12H,8-9,11H2,1H3,(H,20,22)/t12-/m0/s1. The monoisotopic (exact) mass is 370 g/mol. The number of amides is 1. The average molecular weight is 370 g/mol. The molecule has 1 aromatic heterocycles. The molecule has 1 aliphatic heterocycles. The lowest BCUT2D eigenvalue weighted by molar-refractivity contribution is -0.122. The Kier molecular flexibility index (Phi) is 4.38. The third-order valence-corrected chi connectivity index (χ3v) is 5.35. The van der Waals surface area contributed by atoms with Crippen LogP contribution in [0, 0.1) is 0 Å². The highest BCUT2D eigenvalue weighted by atomic mass is 32.1. The maximum absolute atomic E-state index is 12.4. The van der Waals surface area contributed by atoms with Crippen LogP contribution in [0.3, 0.4) is 0 Å². The van der Waals surface area contributed by atoms with Gasteiger partial charge >= 0.3 is 0 Å². The molecule has 3 aromatic rings. The molecular formula is C19H18N2O4S. The van der Waals surface area contributed by atoms with Crippen molar-refractivity contribution >= 4 is 27.5 Å². The molecule has 1 N–H and O–H groups in total. The fraction of sp³-hybridized carbons (Fsp3) is 0.263. The van der Waals surface area contributed by atoms with Crippen LogP contribution in [0.25, 0.3) is 10.1 Å². The van der Waals surface area contributed by atoms with E-state index in [0.29, 0.717) is 24.3 Å². The van der Waals surface area contributed by atoms with Gasteiger partial charge in [0, 0.05) is 0 Å². The van der Waals surface area contributed by atoms with E-state index >= 15 is 0 Å². The molecule has 134 valence electrons. The fourth-order valence-corrected chi connectivity index (χ4v) is 3.95. The van der Waals surface area contributed by atoms with Gasteiger partial charge < -0.3 is 14.8 Å². The van der Waals surface area contributed by atoms with Crippen molar-refractivity contribution in [3.63, 3.8) is 0 Å². The first kappa shape index (κ1) is 16.7. The first-order valence-corrected chi connectivity index (χ1v) is 9.17. The van der Waals surface area contributed by atoms with E-state index in [0.717, 1.165) is 16.0 Å². The molecule has 0 unspecified atom stereocenters. The lowest BCUT2D eigenvalue weighted by atomic mass is 10.1. The Morgan fingerprint density at radius 3 is 2.77 bits per heavy atom. The number of nitrogens with zero attached hydrogens (tertiary/aromatic N) is 1. The van der Waals surface area contributed by atoms with Crippen molar-refractivity contribution in [3.8, 4) is 11.5 Å². The van der Waals surface area contributed by atoms with E-state index in [4.69, 9.17) is 9.47 Å². The predicted molar refractivity (Wildman–Crippen MR) is 100 cm³/mol. The summed E-state index contributed by atoms with van der Waals surface area (Å²) in [4.78, 5) is 24.7. The summed E-state index contributed by atoms with van der Waals surface area (Å²) in [6.45, 7) is 2.97. The van der Waals surface area contributed by atoms with Crippen molar-refractivity contribution < 1.29 is 14.3 Å². The van der Waals surface area contributed by atoms with Gasteiger partial charge in [-0.2, -0.15) is 0 Å². The minimum Gasteiger partial charge on any atom is -0.486 e. The number of aromatic nitrogens is 1. The third-order valence-electron chi connectivity index (χ3n) is 4.28. The van der Waals surface area contributed by atoms with Gasteiger partial charge in [0.2, 0.25) is 5.91 Å². The topological polar surface area (TPSA) is 69.6 Å². The van der Waals surface area contributed by atoms with Crippen LogP contribution < -0.4 is 20.3 Å². The van der Waals surface area contributed by atoms with E-state index in [2.05, 4.69) is 5.32 Å². The molecule has 26 heavy (non-hydrogen) atoms. The minimum atomic E-state index is -0.207. The van der Waals surface area contributed by atoms with Crippen LogP contribution in [0.15, 0.2) is 47.3 Å². The van der Waals surface area contributed by atoms with Crippen LogP contribution in [0.2, 0.25) is 0 Å². The van der Waals surface area contributed by atoms with Crippen LogP contribution in [0.1, 0.15) is 18.5 Å². The molecule has 1 atom stereocenters. The number of fused-ring (bicyclic) bond motifs is 2. The molecule has 7 heteroatoms. The maximum atomic E-state index is 12.4. The molecule has 0 aliphatic carbocycles. The summed E-state index contributed by atoms with van der Waals surface area (Å²) in [5, 5.41) is 3.58. The summed E-state index contributed by atoms with van der Waals surface area (Å²) in [6.07, 6.45) is 0. The third kappa shape index (κ3) is 3.17. The van der Waals surface area contributed by atoms with Crippen LogP contribution >= 0.6 is 11.5 Å². The van der Waals surface area contributed by atoms with Crippen LogP contribution in [-0.2, 0) is 11.3 Å². The van der Waals surface area contributed by atoms with Gasteiger partial charge in [0.25, 0.3) is 5.56 Å². The van der Waals surface area contributed by atoms with Crippen molar-refractivity contribution in [2.24, 2.45) is 0 Å². The van der Waals surface area contributed by atoms with Crippen molar-refractivity contribution in [3.05, 3.63) is 58.4 Å². The first-order chi connectivity index (χ1) is 12.6. The lowest BCUT2D eigenvalue weighted by Gasteiger charge is -2.21. The van der Waals surface area contributed by atoms with Gasteiger partial charge in [0.1, 0.15) is 19.8 Å². The zero-order chi connectivity index (χ0) is 18.1. The molecular weight excluding hydrogens is 352 g/mol. The van der Waals surface area contributed by atoms with Gasteiger partial charge in [-0.1, -0.05) is 29.7 Å². The van der Waals surface area contributed by atoms with E-state index in [-0.39, 0.29) is 24.1 Å². The average Bonchev–Trinajstić information content (AvgIpc) is 2.97. The molecule has 0 spiro atoms. The summed E-state index contributed by atoms with van der Waals surface area (Å²) in [5.74, 6) is 1.20. The molecule has 6 nitrogen and oxygen atoms in total. The fourth-order valence-electron chi connectivity index (χ4n) is 2.95. The summed E-state index contributed by atoms with van der Waals surface area (Å²) >= 11 is 1.30. The Bertz CT molecular complexity index is 1020. The number of benzene rings is 2. The first-order valence-electron chi connectivity index (χ1n) is 8.39. The van der Waals surface area contributed by atoms with Crippen molar-refractivity contribution in [1.82, 2.24) is 9.27 Å². The molecule has 0 saturated heterocycles. The van der Waals surface area contributed by atoms with Gasteiger partial charge in [0.05, 0.1) is 16.1 Å². The van der Waals surface area contributed by atoms with E-state index in [1.54, 1.807) is 6.07 Å². The van der Waals surface area contributed by atoms with Crippen LogP contribution in [0.4, 0.5) is 0 Å². The molecule has 1 aliphatic rings. The Morgan fingerprint density at radius 2 is 1.96 bits per heavy atom. The Morgan fingerprint density at radius 1 is 1.19 bits per heavy atom. The SMILES string of the molecule is C[C@H](NC(=O)Cn1sc2ccccc2c1=O)c1ccc2c(c1)OCCO2. The number of hydrogen-bond acceptors (Lipinski definition) is 5. The summed E-state index contributed by atoms with van der Waals surface area (Å²) in [5.41, 5.74) is 0.791. The summed E-state index contributed by atoms with van der Waals surface area (Å²) in [7, 11) is 0. The highest BCUT2D eigenvalue weighted by Crippen LogP contribution is 2.32. The smallest absolute Gasteiger partial charge is 0.268 e. The highest BCUT2D eigenvalue weighted by molar-refractivity contribution is 7.13. The van der Waals surface area contributed by atoms with Gasteiger partial charge in [-0.15, -0.1) is 0 Å². The zero-order valence-corrected chi connectivity index (χ0v) is 15.0. The second-order valence-corrected chi connectivity index (χ2v) is 7.18. The van der Waals surface area contributed by atoms with Crippen molar-refractivity contribution in [2.75, 3.05) is 13.2 Å². The Balaban J connectivity index is 1.47. The van der Waals surface area contributed by atoms with E-state index in [1.165, 1.54) is 15.5 Å². The van der Waals surface area contributed by atoms with E-state index in [9.17, 15) is 9.59 Å². The van der Waals surface area contributed by atoms with E-state index < -0.39 is 0 Å². The maximum Gasteiger partial charge on any atom is 0.268 e.